The highest BCUT2D eigenvalue weighted by molar-refractivity contribution is 6.06. The minimum absolute atomic E-state index is 0.155. The van der Waals surface area contributed by atoms with Gasteiger partial charge in [-0.3, -0.25) is 24.5 Å². The minimum atomic E-state index is -0.773. The molecule has 0 bridgehead atoms. The van der Waals surface area contributed by atoms with E-state index in [-0.39, 0.29) is 17.9 Å². The van der Waals surface area contributed by atoms with Gasteiger partial charge in [0.2, 0.25) is 5.91 Å². The van der Waals surface area contributed by atoms with E-state index in [2.05, 4.69) is 10.6 Å². The molecule has 0 fully saturated rings. The molecule has 3 amide bonds. The summed E-state index contributed by atoms with van der Waals surface area (Å²) in [6, 6.07) is 14.8. The van der Waals surface area contributed by atoms with E-state index in [4.69, 9.17) is 9.47 Å². The average Bonchev–Trinajstić information content (AvgIpc) is 2.72. The van der Waals surface area contributed by atoms with Gasteiger partial charge in [-0.05, 0) is 17.7 Å². The lowest BCUT2D eigenvalue weighted by Gasteiger charge is -2.17. The first kappa shape index (κ1) is 21.6. The number of imide groups is 1. The van der Waals surface area contributed by atoms with E-state index in [1.165, 1.54) is 20.1 Å². The second kappa shape index (κ2) is 10.6. The predicted octanol–water partition coefficient (Wildman–Crippen LogP) is 1.76. The molecule has 0 radical (unpaired) electrons. The van der Waals surface area contributed by atoms with E-state index >= 15 is 0 Å². The molecule has 8 nitrogen and oxygen atoms in total. The summed E-state index contributed by atoms with van der Waals surface area (Å²) in [6.07, 6.45) is -0.155. The molecule has 152 valence electrons. The van der Waals surface area contributed by atoms with Crippen LogP contribution in [0.4, 0.5) is 0 Å². The van der Waals surface area contributed by atoms with Gasteiger partial charge in [0.05, 0.1) is 25.1 Å². The van der Waals surface area contributed by atoms with E-state index in [9.17, 15) is 19.2 Å². The molecule has 0 aliphatic rings. The van der Waals surface area contributed by atoms with Gasteiger partial charge in [-0.15, -0.1) is 0 Å². The van der Waals surface area contributed by atoms with Gasteiger partial charge in [0.15, 0.2) is 6.61 Å². The molecule has 0 aliphatic heterocycles. The summed E-state index contributed by atoms with van der Waals surface area (Å²) in [5.41, 5.74) is 0.917. The summed E-state index contributed by atoms with van der Waals surface area (Å²) in [7, 11) is 1.41. The van der Waals surface area contributed by atoms with Crippen LogP contribution < -0.4 is 15.4 Å². The molecule has 0 saturated heterocycles. The summed E-state index contributed by atoms with van der Waals surface area (Å²) >= 11 is 0. The van der Waals surface area contributed by atoms with Crippen molar-refractivity contribution in [2.45, 2.75) is 19.4 Å². The van der Waals surface area contributed by atoms with Crippen LogP contribution in [-0.4, -0.2) is 37.4 Å². The standard InChI is InChI=1S/C21H22N2O6/c1-14(24)22-17(15-8-4-3-5-9-15)12-20(26)29-13-19(25)23-21(27)16-10-6-7-11-18(16)28-2/h3-11,17H,12-13H2,1-2H3,(H,22,24)(H,23,25,27)/t17-/m0/s1. The van der Waals surface area contributed by atoms with Gasteiger partial charge in [-0.25, -0.2) is 0 Å². The van der Waals surface area contributed by atoms with Crippen molar-refractivity contribution in [1.29, 1.82) is 0 Å². The van der Waals surface area contributed by atoms with Gasteiger partial charge < -0.3 is 14.8 Å². The molecule has 29 heavy (non-hydrogen) atoms. The maximum absolute atomic E-state index is 12.2. The van der Waals surface area contributed by atoms with Crippen LogP contribution in [0, 0.1) is 0 Å². The SMILES string of the molecule is COc1ccccc1C(=O)NC(=O)COC(=O)C[C@H](NC(C)=O)c1ccccc1. The fourth-order valence-corrected chi connectivity index (χ4v) is 2.62. The molecule has 2 aromatic rings. The van der Waals surface area contributed by atoms with Crippen molar-refractivity contribution in [2.75, 3.05) is 13.7 Å². The lowest BCUT2D eigenvalue weighted by molar-refractivity contribution is -0.149. The zero-order valence-corrected chi connectivity index (χ0v) is 16.1. The van der Waals surface area contributed by atoms with Crippen LogP contribution in [0.1, 0.15) is 35.3 Å². The van der Waals surface area contributed by atoms with E-state index < -0.39 is 30.4 Å². The smallest absolute Gasteiger partial charge is 0.308 e. The maximum Gasteiger partial charge on any atom is 0.308 e. The number of para-hydroxylation sites is 1. The van der Waals surface area contributed by atoms with Gasteiger partial charge in [-0.2, -0.15) is 0 Å². The summed E-state index contributed by atoms with van der Waals surface area (Å²) in [5.74, 6) is -2.11. The molecule has 2 aromatic carbocycles. The number of methoxy groups -OCH3 is 1. The highest BCUT2D eigenvalue weighted by Gasteiger charge is 2.20. The quantitative estimate of drug-likeness (QED) is 0.656. The number of nitrogens with one attached hydrogen (secondary N) is 2. The molecule has 2 rings (SSSR count). The van der Waals surface area contributed by atoms with Crippen LogP contribution in [0.2, 0.25) is 0 Å². The Morgan fingerprint density at radius 3 is 2.28 bits per heavy atom. The minimum Gasteiger partial charge on any atom is -0.496 e. The lowest BCUT2D eigenvalue weighted by Crippen LogP contribution is -2.35. The van der Waals surface area contributed by atoms with E-state index in [1.807, 2.05) is 6.07 Å². The van der Waals surface area contributed by atoms with E-state index in [1.54, 1.807) is 42.5 Å². The first-order valence-corrected chi connectivity index (χ1v) is 8.85. The third kappa shape index (κ3) is 6.76. The van der Waals surface area contributed by atoms with Gasteiger partial charge in [0.25, 0.3) is 11.8 Å². The van der Waals surface area contributed by atoms with Crippen molar-refractivity contribution in [3.8, 4) is 5.75 Å². The number of carbonyl (C=O) groups excluding carboxylic acids is 4. The van der Waals surface area contributed by atoms with Gasteiger partial charge in [0.1, 0.15) is 5.75 Å². The first-order chi connectivity index (χ1) is 13.9. The number of carbonyl (C=O) groups is 4. The van der Waals surface area contributed by atoms with E-state index in [0.29, 0.717) is 5.75 Å². The monoisotopic (exact) mass is 398 g/mol. The molecule has 8 heteroatoms. The third-order valence-corrected chi connectivity index (χ3v) is 3.92. The van der Waals surface area contributed by atoms with Crippen molar-refractivity contribution < 1.29 is 28.7 Å². The first-order valence-electron chi connectivity index (χ1n) is 8.85. The Labute approximate surface area is 168 Å². The molecule has 0 saturated carbocycles. The molecule has 0 heterocycles. The number of amides is 3. The van der Waals surface area contributed by atoms with Crippen LogP contribution in [0.25, 0.3) is 0 Å². The molecule has 2 N–H and O–H groups in total. The Bertz CT molecular complexity index is 882. The normalized spacial score (nSPS) is 11.1. The van der Waals surface area contributed by atoms with Crippen LogP contribution in [0.15, 0.2) is 54.6 Å². The second-order valence-electron chi connectivity index (χ2n) is 6.11. The molecule has 0 unspecified atom stereocenters. The number of hydrogen-bond donors (Lipinski definition) is 2. The Hall–Kier alpha value is -3.68. The zero-order chi connectivity index (χ0) is 21.2. The summed E-state index contributed by atoms with van der Waals surface area (Å²) in [6.45, 7) is 0.722. The second-order valence-corrected chi connectivity index (χ2v) is 6.11. The average molecular weight is 398 g/mol. The van der Waals surface area contributed by atoms with Crippen molar-refractivity contribution >= 4 is 23.7 Å². The topological polar surface area (TPSA) is 111 Å². The molecule has 0 spiro atoms. The molecular formula is C21H22N2O6. The number of rotatable bonds is 8. The summed E-state index contributed by atoms with van der Waals surface area (Å²) in [4.78, 5) is 47.6. The number of ether oxygens (including phenoxy) is 2. The number of hydrogen-bond acceptors (Lipinski definition) is 6. The van der Waals surface area contributed by atoms with Crippen molar-refractivity contribution in [2.24, 2.45) is 0 Å². The van der Waals surface area contributed by atoms with Crippen LogP contribution >= 0.6 is 0 Å². The highest BCUT2D eigenvalue weighted by atomic mass is 16.5. The molecular weight excluding hydrogens is 376 g/mol. The van der Waals surface area contributed by atoms with Crippen LogP contribution in [-0.2, 0) is 19.1 Å². The zero-order valence-electron chi connectivity index (χ0n) is 16.1. The Kier molecular flexibility index (Phi) is 7.90. The third-order valence-electron chi connectivity index (χ3n) is 3.92. The number of benzene rings is 2. The Balaban J connectivity index is 1.89. The van der Waals surface area contributed by atoms with Crippen LogP contribution in [0.3, 0.4) is 0 Å². The predicted molar refractivity (Wildman–Crippen MR) is 104 cm³/mol. The van der Waals surface area contributed by atoms with Crippen LogP contribution in [0.5, 0.6) is 5.75 Å². The Morgan fingerprint density at radius 2 is 1.62 bits per heavy atom. The fourth-order valence-electron chi connectivity index (χ4n) is 2.62. The molecule has 1 atom stereocenters. The maximum atomic E-state index is 12.2. The lowest BCUT2D eigenvalue weighted by atomic mass is 10.0. The van der Waals surface area contributed by atoms with Gasteiger partial charge >= 0.3 is 5.97 Å². The van der Waals surface area contributed by atoms with Crippen molar-refractivity contribution in [3.05, 3.63) is 65.7 Å². The Morgan fingerprint density at radius 1 is 0.966 bits per heavy atom. The van der Waals surface area contributed by atoms with E-state index in [0.717, 1.165) is 5.56 Å². The fraction of sp³-hybridized carbons (Fsp3) is 0.238. The van der Waals surface area contributed by atoms with Crippen molar-refractivity contribution in [1.82, 2.24) is 10.6 Å². The summed E-state index contributed by atoms with van der Waals surface area (Å²) < 4.78 is 10.0. The summed E-state index contributed by atoms with van der Waals surface area (Å²) in [5, 5.41) is 4.81. The highest BCUT2D eigenvalue weighted by Crippen LogP contribution is 2.18. The van der Waals surface area contributed by atoms with Gasteiger partial charge in [-0.1, -0.05) is 42.5 Å². The molecule has 0 aliphatic carbocycles. The molecule has 0 aromatic heterocycles. The largest absolute Gasteiger partial charge is 0.496 e. The van der Waals surface area contributed by atoms with Crippen molar-refractivity contribution in [3.63, 3.8) is 0 Å². The van der Waals surface area contributed by atoms with Gasteiger partial charge in [0, 0.05) is 6.92 Å². The number of esters is 1.